The zero-order valence-corrected chi connectivity index (χ0v) is 24.5. The zero-order chi connectivity index (χ0) is 29.3. The van der Waals surface area contributed by atoms with Crippen molar-refractivity contribution >= 4 is 50.0 Å². The third-order valence-electron chi connectivity index (χ3n) is 7.66. The summed E-state index contributed by atoms with van der Waals surface area (Å²) in [6, 6.07) is 17.6. The second kappa shape index (κ2) is 14.3. The summed E-state index contributed by atoms with van der Waals surface area (Å²) in [7, 11) is 0. The third-order valence-corrected chi connectivity index (χ3v) is 8.55. The predicted molar refractivity (Wildman–Crippen MR) is 166 cm³/mol. The number of hydrogen-bond donors (Lipinski definition) is 1. The van der Waals surface area contributed by atoms with Gasteiger partial charge in [-0.05, 0) is 79.4 Å². The SMILES string of the molecule is O=C(O)CCCCC(=O)OCn1c(=O)ccc2ccc(OCCCCN3CCN(c4cccc5sccc45)CC3)cc21. The number of benzene rings is 2. The molecule has 5 rings (SSSR count). The van der Waals surface area contributed by atoms with E-state index in [0.29, 0.717) is 30.7 Å². The summed E-state index contributed by atoms with van der Waals surface area (Å²) in [5.74, 6) is -0.683. The molecule has 9 nitrogen and oxygen atoms in total. The molecule has 2 aromatic heterocycles. The van der Waals surface area contributed by atoms with Gasteiger partial charge >= 0.3 is 11.9 Å². The number of unbranched alkanes of at least 4 members (excludes halogenated alkanes) is 2. The summed E-state index contributed by atoms with van der Waals surface area (Å²) in [6.07, 6.45) is 2.93. The summed E-state index contributed by atoms with van der Waals surface area (Å²) >= 11 is 1.79. The number of carbonyl (C=O) groups excluding carboxylic acids is 1. The largest absolute Gasteiger partial charge is 0.494 e. The lowest BCUT2D eigenvalue weighted by Gasteiger charge is -2.36. The van der Waals surface area contributed by atoms with Gasteiger partial charge in [0.2, 0.25) is 0 Å². The van der Waals surface area contributed by atoms with Crippen LogP contribution in [0.3, 0.4) is 0 Å². The highest BCUT2D eigenvalue weighted by atomic mass is 32.1. The van der Waals surface area contributed by atoms with Crippen LogP contribution in [0.15, 0.2) is 64.8 Å². The van der Waals surface area contributed by atoms with Crippen LogP contribution < -0.4 is 15.2 Å². The van der Waals surface area contributed by atoms with Crippen LogP contribution in [-0.2, 0) is 21.1 Å². The molecule has 0 aliphatic carbocycles. The number of fused-ring (bicyclic) bond motifs is 2. The molecule has 1 aliphatic heterocycles. The molecule has 1 aliphatic rings. The minimum atomic E-state index is -0.888. The summed E-state index contributed by atoms with van der Waals surface area (Å²) in [5.41, 5.74) is 1.70. The van der Waals surface area contributed by atoms with Gasteiger partial charge in [-0.3, -0.25) is 23.9 Å². The number of aromatic nitrogens is 1. The molecule has 0 bridgehead atoms. The molecule has 1 saturated heterocycles. The number of nitrogens with zero attached hydrogens (tertiary/aromatic N) is 3. The van der Waals surface area contributed by atoms with Crippen LogP contribution in [0.25, 0.3) is 21.0 Å². The van der Waals surface area contributed by atoms with Crippen molar-refractivity contribution in [2.24, 2.45) is 0 Å². The van der Waals surface area contributed by atoms with Crippen molar-refractivity contribution in [3.05, 3.63) is 70.3 Å². The monoisotopic (exact) mass is 591 g/mol. The summed E-state index contributed by atoms with van der Waals surface area (Å²) in [4.78, 5) is 40.3. The molecule has 0 saturated carbocycles. The average Bonchev–Trinajstić information content (AvgIpc) is 3.48. The molecular weight excluding hydrogens is 554 g/mol. The Balaban J connectivity index is 1.06. The van der Waals surface area contributed by atoms with E-state index in [1.807, 2.05) is 18.2 Å². The fourth-order valence-electron chi connectivity index (χ4n) is 5.34. The Morgan fingerprint density at radius 2 is 1.71 bits per heavy atom. The lowest BCUT2D eigenvalue weighted by Crippen LogP contribution is -2.46. The Morgan fingerprint density at radius 3 is 2.55 bits per heavy atom. The molecule has 0 spiro atoms. The number of rotatable bonds is 14. The number of carbonyl (C=O) groups is 2. The standard InChI is InChI=1S/C32H37N3O6S/c36-30-13-11-24-10-12-25(22-28(24)35(30)23-41-32(39)9-2-1-8-31(37)38)40-20-4-3-15-33-16-18-34(19-17-33)27-6-5-7-29-26(27)14-21-42-29/h5-7,10-14,21-22H,1-4,8-9,15-20,23H2,(H,37,38). The predicted octanol–water partition coefficient (Wildman–Crippen LogP) is 5.34. The topological polar surface area (TPSA) is 101 Å². The lowest BCUT2D eigenvalue weighted by molar-refractivity contribution is -0.148. The average molecular weight is 592 g/mol. The Bertz CT molecular complexity index is 1570. The van der Waals surface area contributed by atoms with Crippen LogP contribution in [0.2, 0.25) is 0 Å². The summed E-state index contributed by atoms with van der Waals surface area (Å²) < 4.78 is 14.1. The van der Waals surface area contributed by atoms with E-state index in [9.17, 15) is 14.4 Å². The first-order valence-corrected chi connectivity index (χ1v) is 15.4. The first-order chi connectivity index (χ1) is 20.5. The fraction of sp³-hybridized carbons (Fsp3) is 0.406. The highest BCUT2D eigenvalue weighted by Gasteiger charge is 2.18. The molecule has 1 N–H and O–H groups in total. The molecule has 0 atom stereocenters. The second-order valence-corrected chi connectivity index (χ2v) is 11.5. The van der Waals surface area contributed by atoms with Gasteiger partial charge in [0.15, 0.2) is 6.73 Å². The highest BCUT2D eigenvalue weighted by molar-refractivity contribution is 7.17. The summed E-state index contributed by atoms with van der Waals surface area (Å²) in [6.45, 7) is 5.58. The minimum Gasteiger partial charge on any atom is -0.494 e. The molecule has 42 heavy (non-hydrogen) atoms. The molecule has 0 unspecified atom stereocenters. The number of carboxylic acids is 1. The van der Waals surface area contributed by atoms with Gasteiger partial charge in [0, 0.05) is 66.9 Å². The van der Waals surface area contributed by atoms with E-state index in [1.54, 1.807) is 17.4 Å². The van der Waals surface area contributed by atoms with E-state index in [0.717, 1.165) is 51.0 Å². The third kappa shape index (κ3) is 7.68. The van der Waals surface area contributed by atoms with Crippen molar-refractivity contribution in [2.75, 3.05) is 44.2 Å². The quantitative estimate of drug-likeness (QED) is 0.155. The van der Waals surface area contributed by atoms with Crippen molar-refractivity contribution in [2.45, 2.75) is 45.3 Å². The van der Waals surface area contributed by atoms with E-state index >= 15 is 0 Å². The lowest BCUT2D eigenvalue weighted by atomic mass is 10.2. The fourth-order valence-corrected chi connectivity index (χ4v) is 6.15. The van der Waals surface area contributed by atoms with E-state index in [-0.39, 0.29) is 25.1 Å². The van der Waals surface area contributed by atoms with Crippen LogP contribution >= 0.6 is 11.3 Å². The van der Waals surface area contributed by atoms with Crippen LogP contribution in [0.4, 0.5) is 5.69 Å². The van der Waals surface area contributed by atoms with Gasteiger partial charge in [-0.25, -0.2) is 0 Å². The maximum Gasteiger partial charge on any atom is 0.307 e. The zero-order valence-electron chi connectivity index (χ0n) is 23.7. The van der Waals surface area contributed by atoms with Gasteiger partial charge in [-0.1, -0.05) is 6.07 Å². The number of anilines is 1. The van der Waals surface area contributed by atoms with Gasteiger partial charge in [0.05, 0.1) is 12.1 Å². The van der Waals surface area contributed by atoms with Crippen molar-refractivity contribution in [1.29, 1.82) is 0 Å². The number of ether oxygens (including phenoxy) is 2. The van der Waals surface area contributed by atoms with Crippen LogP contribution in [0.5, 0.6) is 5.75 Å². The molecule has 2 aromatic carbocycles. The first-order valence-electron chi connectivity index (χ1n) is 14.6. The Labute approximate surface area is 248 Å². The maximum absolute atomic E-state index is 12.5. The number of hydrogen-bond acceptors (Lipinski definition) is 8. The molecule has 222 valence electrons. The van der Waals surface area contributed by atoms with Crippen LogP contribution in [0.1, 0.15) is 38.5 Å². The smallest absolute Gasteiger partial charge is 0.307 e. The van der Waals surface area contributed by atoms with Gasteiger partial charge in [-0.2, -0.15) is 0 Å². The van der Waals surface area contributed by atoms with E-state index < -0.39 is 11.9 Å². The Hall–Kier alpha value is -3.89. The molecule has 0 amide bonds. The number of piperazine rings is 1. The molecular formula is C32H37N3O6S. The minimum absolute atomic E-state index is 0.0174. The second-order valence-electron chi connectivity index (χ2n) is 10.6. The van der Waals surface area contributed by atoms with Crippen LogP contribution in [0, 0.1) is 0 Å². The number of thiophene rings is 1. The number of pyridine rings is 1. The van der Waals surface area contributed by atoms with E-state index in [1.165, 1.54) is 26.4 Å². The number of aliphatic carboxylic acids is 1. The normalized spacial score (nSPS) is 14.0. The molecule has 3 heterocycles. The van der Waals surface area contributed by atoms with Crippen LogP contribution in [-0.4, -0.2) is 65.8 Å². The van der Waals surface area contributed by atoms with Gasteiger partial charge in [0.1, 0.15) is 5.75 Å². The van der Waals surface area contributed by atoms with Crippen molar-refractivity contribution in [3.8, 4) is 5.75 Å². The van der Waals surface area contributed by atoms with Crippen molar-refractivity contribution in [1.82, 2.24) is 9.47 Å². The van der Waals surface area contributed by atoms with Crippen molar-refractivity contribution < 1.29 is 24.2 Å². The molecule has 0 radical (unpaired) electrons. The van der Waals surface area contributed by atoms with Gasteiger partial charge < -0.3 is 19.5 Å². The van der Waals surface area contributed by atoms with E-state index in [4.69, 9.17) is 14.6 Å². The number of carboxylic acid groups (broad SMARTS) is 1. The van der Waals surface area contributed by atoms with Gasteiger partial charge in [0.25, 0.3) is 5.56 Å². The molecule has 10 heteroatoms. The molecule has 4 aromatic rings. The Kier molecular flexibility index (Phi) is 10.1. The highest BCUT2D eigenvalue weighted by Crippen LogP contribution is 2.31. The Morgan fingerprint density at radius 1 is 0.905 bits per heavy atom. The maximum atomic E-state index is 12.5. The summed E-state index contributed by atoms with van der Waals surface area (Å²) in [5, 5.41) is 13.1. The van der Waals surface area contributed by atoms with Gasteiger partial charge in [-0.15, -0.1) is 11.3 Å². The van der Waals surface area contributed by atoms with Crippen molar-refractivity contribution in [3.63, 3.8) is 0 Å². The first kappa shape index (κ1) is 29.6. The number of esters is 1. The van der Waals surface area contributed by atoms with E-state index in [2.05, 4.69) is 39.4 Å². The molecule has 1 fully saturated rings.